The van der Waals surface area contributed by atoms with E-state index in [0.29, 0.717) is 18.1 Å². The van der Waals surface area contributed by atoms with Crippen LogP contribution in [-0.4, -0.2) is 24.9 Å². The number of aromatic nitrogens is 5. The summed E-state index contributed by atoms with van der Waals surface area (Å²) in [5.41, 5.74) is 4.72. The lowest BCUT2D eigenvalue weighted by atomic mass is 10.1. The number of nitrogens with zero attached hydrogens (tertiary/aromatic N) is 5. The van der Waals surface area contributed by atoms with E-state index >= 15 is 0 Å². The fourth-order valence-electron chi connectivity index (χ4n) is 3.39. The van der Waals surface area contributed by atoms with E-state index in [9.17, 15) is 0 Å². The maximum atomic E-state index is 5.39. The van der Waals surface area contributed by atoms with Crippen LogP contribution < -0.4 is 0 Å². The molecule has 0 saturated heterocycles. The van der Waals surface area contributed by atoms with Crippen LogP contribution in [-0.2, 0) is 18.6 Å². The van der Waals surface area contributed by atoms with Crippen molar-refractivity contribution < 1.29 is 4.52 Å². The molecule has 0 radical (unpaired) electrons. The Labute approximate surface area is 180 Å². The Kier molecular flexibility index (Phi) is 6.28. The van der Waals surface area contributed by atoms with Crippen molar-refractivity contribution in [2.45, 2.75) is 50.9 Å². The first-order chi connectivity index (χ1) is 14.6. The quantitative estimate of drug-likeness (QED) is 0.370. The molecule has 2 aromatic heterocycles. The predicted octanol–water partition coefficient (Wildman–Crippen LogP) is 5.10. The van der Waals surface area contributed by atoms with E-state index in [0.717, 1.165) is 35.3 Å². The summed E-state index contributed by atoms with van der Waals surface area (Å²) in [6, 6.07) is 16.8. The van der Waals surface area contributed by atoms with Gasteiger partial charge in [0.05, 0.1) is 11.4 Å². The van der Waals surface area contributed by atoms with Gasteiger partial charge in [0.2, 0.25) is 5.89 Å². The second kappa shape index (κ2) is 9.26. The Balaban J connectivity index is 1.65. The zero-order valence-corrected chi connectivity index (χ0v) is 18.3. The van der Waals surface area contributed by atoms with Crippen molar-refractivity contribution in [3.63, 3.8) is 0 Å². The van der Waals surface area contributed by atoms with E-state index in [1.165, 1.54) is 16.7 Å². The minimum Gasteiger partial charge on any atom is -0.338 e. The van der Waals surface area contributed by atoms with Gasteiger partial charge >= 0.3 is 0 Å². The fourth-order valence-corrected chi connectivity index (χ4v) is 4.19. The third kappa shape index (κ3) is 4.62. The highest BCUT2D eigenvalue weighted by atomic mass is 32.2. The van der Waals surface area contributed by atoms with Gasteiger partial charge in [0.15, 0.2) is 11.0 Å². The molecular formula is C23H25N5OS. The molecule has 4 aromatic rings. The second-order valence-electron chi connectivity index (χ2n) is 7.33. The number of hydrogen-bond donors (Lipinski definition) is 0. The first-order valence-corrected chi connectivity index (χ1v) is 11.1. The van der Waals surface area contributed by atoms with Crippen molar-refractivity contribution in [1.82, 2.24) is 24.9 Å². The van der Waals surface area contributed by atoms with Gasteiger partial charge in [-0.15, -0.1) is 10.2 Å². The summed E-state index contributed by atoms with van der Waals surface area (Å²) >= 11 is 1.56. The topological polar surface area (TPSA) is 69.6 Å². The molecule has 2 aromatic carbocycles. The van der Waals surface area contributed by atoms with Crippen LogP contribution in [0.3, 0.4) is 0 Å². The Morgan fingerprint density at radius 3 is 2.63 bits per heavy atom. The molecule has 0 unspecified atom stereocenters. The highest BCUT2D eigenvalue weighted by Gasteiger charge is 2.18. The van der Waals surface area contributed by atoms with Crippen LogP contribution >= 0.6 is 11.8 Å². The number of benzene rings is 2. The smallest absolute Gasteiger partial charge is 0.237 e. The third-order valence-corrected chi connectivity index (χ3v) is 5.72. The molecule has 0 atom stereocenters. The SMILES string of the molecule is CCCc1noc(CSc2nnc(Cc3ccccc3)n2-c2ccc(C)cc2C)n1. The van der Waals surface area contributed by atoms with Gasteiger partial charge in [-0.05, 0) is 37.5 Å². The van der Waals surface area contributed by atoms with Crippen molar-refractivity contribution in [2.24, 2.45) is 0 Å². The molecule has 0 fully saturated rings. The molecule has 0 saturated carbocycles. The van der Waals surface area contributed by atoms with Gasteiger partial charge in [0, 0.05) is 12.8 Å². The average Bonchev–Trinajstić information content (AvgIpc) is 3.35. The van der Waals surface area contributed by atoms with E-state index in [2.05, 4.69) is 76.0 Å². The van der Waals surface area contributed by atoms with Crippen LogP contribution in [0.15, 0.2) is 58.2 Å². The summed E-state index contributed by atoms with van der Waals surface area (Å²) in [6.07, 6.45) is 2.53. The Morgan fingerprint density at radius 1 is 1.03 bits per heavy atom. The fraction of sp³-hybridized carbons (Fsp3) is 0.304. The summed E-state index contributed by atoms with van der Waals surface area (Å²) in [6.45, 7) is 6.33. The van der Waals surface area contributed by atoms with E-state index in [4.69, 9.17) is 4.52 Å². The minimum atomic E-state index is 0.561. The molecule has 6 nitrogen and oxygen atoms in total. The molecule has 0 bridgehead atoms. The lowest BCUT2D eigenvalue weighted by Crippen LogP contribution is -2.06. The Morgan fingerprint density at radius 2 is 1.87 bits per heavy atom. The molecule has 2 heterocycles. The number of rotatable bonds is 8. The minimum absolute atomic E-state index is 0.561. The van der Waals surface area contributed by atoms with E-state index < -0.39 is 0 Å². The van der Waals surface area contributed by atoms with Gasteiger partial charge in [-0.1, -0.05) is 71.9 Å². The van der Waals surface area contributed by atoms with Crippen molar-refractivity contribution in [1.29, 1.82) is 0 Å². The lowest BCUT2D eigenvalue weighted by molar-refractivity contribution is 0.384. The molecule has 30 heavy (non-hydrogen) atoms. The van der Waals surface area contributed by atoms with Gasteiger partial charge in [-0.3, -0.25) is 4.57 Å². The van der Waals surface area contributed by atoms with Gasteiger partial charge in [-0.2, -0.15) is 4.98 Å². The molecule has 4 rings (SSSR count). The zero-order chi connectivity index (χ0) is 20.9. The van der Waals surface area contributed by atoms with Crippen molar-refractivity contribution in [3.8, 4) is 5.69 Å². The average molecular weight is 420 g/mol. The van der Waals surface area contributed by atoms with Crippen molar-refractivity contribution in [2.75, 3.05) is 0 Å². The van der Waals surface area contributed by atoms with E-state index in [-0.39, 0.29) is 0 Å². The van der Waals surface area contributed by atoms with Crippen LogP contribution in [0.2, 0.25) is 0 Å². The zero-order valence-electron chi connectivity index (χ0n) is 17.5. The van der Waals surface area contributed by atoms with E-state index in [1.54, 1.807) is 11.8 Å². The maximum absolute atomic E-state index is 5.39. The van der Waals surface area contributed by atoms with Gasteiger partial charge in [0.1, 0.15) is 5.82 Å². The summed E-state index contributed by atoms with van der Waals surface area (Å²) in [5, 5.41) is 13.9. The number of aryl methyl sites for hydroxylation is 3. The maximum Gasteiger partial charge on any atom is 0.237 e. The summed E-state index contributed by atoms with van der Waals surface area (Å²) in [5.74, 6) is 2.84. The molecule has 0 N–H and O–H groups in total. The lowest BCUT2D eigenvalue weighted by Gasteiger charge is -2.13. The third-order valence-electron chi connectivity index (χ3n) is 4.81. The molecule has 154 valence electrons. The monoisotopic (exact) mass is 419 g/mol. The molecular weight excluding hydrogens is 394 g/mol. The predicted molar refractivity (Wildman–Crippen MR) is 118 cm³/mol. The van der Waals surface area contributed by atoms with Gasteiger partial charge in [0.25, 0.3) is 0 Å². The van der Waals surface area contributed by atoms with E-state index in [1.807, 2.05) is 18.2 Å². The van der Waals surface area contributed by atoms with Crippen LogP contribution in [0, 0.1) is 13.8 Å². The van der Waals surface area contributed by atoms with Crippen LogP contribution in [0.5, 0.6) is 0 Å². The molecule has 0 spiro atoms. The van der Waals surface area contributed by atoms with Gasteiger partial charge < -0.3 is 4.52 Å². The Bertz CT molecular complexity index is 1120. The second-order valence-corrected chi connectivity index (χ2v) is 8.27. The summed E-state index contributed by atoms with van der Waals surface area (Å²) < 4.78 is 7.54. The Hall–Kier alpha value is -2.93. The molecule has 0 aliphatic carbocycles. The number of hydrogen-bond acceptors (Lipinski definition) is 6. The molecule has 0 aliphatic heterocycles. The van der Waals surface area contributed by atoms with Gasteiger partial charge in [-0.25, -0.2) is 0 Å². The summed E-state index contributed by atoms with van der Waals surface area (Å²) in [4.78, 5) is 4.47. The van der Waals surface area contributed by atoms with Crippen LogP contribution in [0.25, 0.3) is 5.69 Å². The molecule has 0 amide bonds. The highest BCUT2D eigenvalue weighted by molar-refractivity contribution is 7.98. The van der Waals surface area contributed by atoms with Crippen LogP contribution in [0.1, 0.15) is 47.6 Å². The van der Waals surface area contributed by atoms with Crippen LogP contribution in [0.4, 0.5) is 0 Å². The highest BCUT2D eigenvalue weighted by Crippen LogP contribution is 2.28. The first-order valence-electron chi connectivity index (χ1n) is 10.1. The normalized spacial score (nSPS) is 11.2. The molecule has 7 heteroatoms. The standard InChI is InChI=1S/C23H25N5OS/c1-4-8-20-24-22(29-27-20)15-30-23-26-25-21(14-18-9-6-5-7-10-18)28(23)19-12-11-16(2)13-17(19)3/h5-7,9-13H,4,8,14-15H2,1-3H3. The molecule has 0 aliphatic rings. The summed E-state index contributed by atoms with van der Waals surface area (Å²) in [7, 11) is 0. The van der Waals surface area contributed by atoms with Crippen molar-refractivity contribution >= 4 is 11.8 Å². The first kappa shape index (κ1) is 20.3. The largest absolute Gasteiger partial charge is 0.338 e. The van der Waals surface area contributed by atoms with Crippen molar-refractivity contribution in [3.05, 3.63) is 82.8 Å². The number of thioether (sulfide) groups is 1.